The summed E-state index contributed by atoms with van der Waals surface area (Å²) in [6.45, 7) is 0. The molecule has 4 heterocycles. The lowest BCUT2D eigenvalue weighted by Gasteiger charge is -2.32. The van der Waals surface area contributed by atoms with Crippen LogP contribution >= 0.6 is 0 Å². The van der Waals surface area contributed by atoms with Crippen LogP contribution in [0, 0.1) is 0 Å². The van der Waals surface area contributed by atoms with E-state index in [1.165, 1.54) is 16.3 Å². The van der Waals surface area contributed by atoms with E-state index in [0.29, 0.717) is 17.6 Å². The zero-order valence-corrected chi connectivity index (χ0v) is 28.1. The van der Waals surface area contributed by atoms with Crippen LogP contribution in [0.2, 0.25) is 0 Å². The molecule has 0 N–H and O–H groups in total. The highest BCUT2D eigenvalue weighted by atomic mass is 16.3. The Labute approximate surface area is 302 Å². The van der Waals surface area contributed by atoms with E-state index >= 15 is 0 Å². The first-order valence-electron chi connectivity index (χ1n) is 17.7. The molecule has 246 valence electrons. The van der Waals surface area contributed by atoms with Gasteiger partial charge in [-0.15, -0.1) is 0 Å². The molecule has 53 heavy (non-hydrogen) atoms. The molecular weight excluding hydrogens is 653 g/mol. The van der Waals surface area contributed by atoms with Gasteiger partial charge in [0.25, 0.3) is 0 Å². The number of aromatic nitrogens is 3. The van der Waals surface area contributed by atoms with Crippen molar-refractivity contribution >= 4 is 82.7 Å². The Morgan fingerprint density at radius 2 is 1.08 bits per heavy atom. The normalized spacial score (nSPS) is 12.5. The van der Waals surface area contributed by atoms with Gasteiger partial charge in [0.05, 0.1) is 16.9 Å². The second kappa shape index (κ2) is 10.6. The third-order valence-electron chi connectivity index (χ3n) is 10.6. The van der Waals surface area contributed by atoms with Crippen molar-refractivity contribution in [1.29, 1.82) is 0 Å². The van der Waals surface area contributed by atoms with Gasteiger partial charge in [0, 0.05) is 38.1 Å². The lowest BCUT2D eigenvalue weighted by Crippen LogP contribution is -2.19. The Hall–Kier alpha value is -7.31. The summed E-state index contributed by atoms with van der Waals surface area (Å²) in [6, 6.07) is 54.5. The summed E-state index contributed by atoms with van der Waals surface area (Å²) in [5, 5.41) is 8.85. The van der Waals surface area contributed by atoms with Crippen molar-refractivity contribution in [2.45, 2.75) is 0 Å². The second-order valence-electron chi connectivity index (χ2n) is 13.6. The van der Waals surface area contributed by atoms with Crippen LogP contribution in [-0.4, -0.2) is 15.0 Å². The Kier molecular flexibility index (Phi) is 5.68. The van der Waals surface area contributed by atoms with Crippen LogP contribution in [0.15, 0.2) is 167 Å². The minimum Gasteiger partial charge on any atom is -0.456 e. The van der Waals surface area contributed by atoms with Crippen molar-refractivity contribution < 1.29 is 8.83 Å². The van der Waals surface area contributed by atoms with Gasteiger partial charge in [-0.3, -0.25) is 4.90 Å². The molecule has 0 fully saturated rings. The maximum absolute atomic E-state index is 6.53. The van der Waals surface area contributed by atoms with E-state index in [-0.39, 0.29) is 0 Å². The van der Waals surface area contributed by atoms with Gasteiger partial charge in [0.2, 0.25) is 5.95 Å². The number of fused-ring (bicyclic) bond motifs is 10. The highest BCUT2D eigenvalue weighted by molar-refractivity contribution is 6.19. The predicted octanol–water partition coefficient (Wildman–Crippen LogP) is 12.8. The van der Waals surface area contributed by atoms with Crippen LogP contribution in [0.4, 0.5) is 17.3 Å². The molecule has 0 atom stereocenters. The standard InChI is InChI=1S/C47H26N4O2/c1-2-13-30-27(10-1)23-25-38-43(30)35-17-7-11-28-12-8-19-37(42(28)35)51(38)47-49-45(29-22-24-33-31-14-3-5-20-39(31)52-41(33)26-29)48-46(50-47)36-18-9-16-34-32-15-4-6-21-40(32)53-44(34)36/h1-26H. The van der Waals surface area contributed by atoms with Crippen LogP contribution in [0.1, 0.15) is 0 Å². The number of hydrogen-bond acceptors (Lipinski definition) is 6. The van der Waals surface area contributed by atoms with Crippen LogP contribution < -0.4 is 4.90 Å². The van der Waals surface area contributed by atoms with Crippen molar-refractivity contribution in [3.05, 3.63) is 158 Å². The fourth-order valence-electron chi connectivity index (χ4n) is 8.29. The van der Waals surface area contributed by atoms with E-state index in [2.05, 4.69) is 108 Å². The average Bonchev–Trinajstić information content (AvgIpc) is 3.79. The van der Waals surface area contributed by atoms with Crippen LogP contribution in [0.3, 0.4) is 0 Å². The number of anilines is 3. The topological polar surface area (TPSA) is 68.2 Å². The van der Waals surface area contributed by atoms with Crippen LogP contribution in [-0.2, 0) is 0 Å². The molecule has 0 unspecified atom stereocenters. The Balaban J connectivity index is 1.17. The van der Waals surface area contributed by atoms with Gasteiger partial charge < -0.3 is 8.83 Å². The summed E-state index contributed by atoms with van der Waals surface area (Å²) in [6.07, 6.45) is 0. The van der Waals surface area contributed by atoms with E-state index in [1.54, 1.807) is 0 Å². The summed E-state index contributed by atoms with van der Waals surface area (Å²) in [5.41, 5.74) is 9.16. The number of hydrogen-bond donors (Lipinski definition) is 0. The SMILES string of the molecule is c1ccc2c3c(ccc2c1)N(c1nc(-c2ccc4c(c2)oc2ccccc24)nc(-c2cccc4c2oc2ccccc24)n1)c1cccc2cccc-3c12. The molecule has 11 aromatic rings. The molecule has 6 nitrogen and oxygen atoms in total. The Morgan fingerprint density at radius 1 is 0.415 bits per heavy atom. The molecule has 0 radical (unpaired) electrons. The first-order chi connectivity index (χ1) is 26.3. The van der Waals surface area contributed by atoms with Crippen molar-refractivity contribution in [3.8, 4) is 33.9 Å². The van der Waals surface area contributed by atoms with Crippen molar-refractivity contribution in [3.63, 3.8) is 0 Å². The van der Waals surface area contributed by atoms with E-state index in [1.807, 2.05) is 54.6 Å². The summed E-state index contributed by atoms with van der Waals surface area (Å²) < 4.78 is 12.9. The predicted molar refractivity (Wildman–Crippen MR) is 214 cm³/mol. The molecule has 0 bridgehead atoms. The van der Waals surface area contributed by atoms with Gasteiger partial charge in [-0.2, -0.15) is 9.97 Å². The number of furan rings is 2. The maximum Gasteiger partial charge on any atom is 0.238 e. The van der Waals surface area contributed by atoms with E-state index < -0.39 is 0 Å². The summed E-state index contributed by atoms with van der Waals surface area (Å²) in [7, 11) is 0. The summed E-state index contributed by atoms with van der Waals surface area (Å²) in [5.74, 6) is 1.57. The van der Waals surface area contributed by atoms with E-state index in [9.17, 15) is 0 Å². The fraction of sp³-hybridized carbons (Fsp3) is 0. The fourth-order valence-corrected chi connectivity index (χ4v) is 8.29. The molecule has 0 saturated carbocycles. The highest BCUT2D eigenvalue weighted by Gasteiger charge is 2.30. The monoisotopic (exact) mass is 678 g/mol. The zero-order chi connectivity index (χ0) is 34.6. The molecule has 12 rings (SSSR count). The quantitative estimate of drug-likeness (QED) is 0.185. The van der Waals surface area contributed by atoms with Crippen molar-refractivity contribution in [2.75, 3.05) is 4.90 Å². The maximum atomic E-state index is 6.53. The van der Waals surface area contributed by atoms with Gasteiger partial charge in [-0.25, -0.2) is 4.98 Å². The molecule has 1 aliphatic rings. The first kappa shape index (κ1) is 28.4. The smallest absolute Gasteiger partial charge is 0.238 e. The molecule has 0 aliphatic carbocycles. The Bertz CT molecular complexity index is 3320. The molecule has 1 aliphatic heterocycles. The average molecular weight is 679 g/mol. The number of benzene rings is 8. The molecule has 0 amide bonds. The van der Waals surface area contributed by atoms with Gasteiger partial charge >= 0.3 is 0 Å². The molecule has 3 aromatic heterocycles. The van der Waals surface area contributed by atoms with Gasteiger partial charge in [0.15, 0.2) is 11.6 Å². The molecule has 8 aromatic carbocycles. The number of nitrogens with zero attached hydrogens (tertiary/aromatic N) is 4. The summed E-state index contributed by atoms with van der Waals surface area (Å²) >= 11 is 0. The van der Waals surface area contributed by atoms with Crippen LogP contribution in [0.5, 0.6) is 0 Å². The third-order valence-corrected chi connectivity index (χ3v) is 10.6. The molecule has 0 saturated heterocycles. The zero-order valence-electron chi connectivity index (χ0n) is 28.1. The number of rotatable bonds is 3. The first-order valence-corrected chi connectivity index (χ1v) is 17.7. The van der Waals surface area contributed by atoms with E-state index in [0.717, 1.165) is 82.7 Å². The van der Waals surface area contributed by atoms with E-state index in [4.69, 9.17) is 23.8 Å². The summed E-state index contributed by atoms with van der Waals surface area (Å²) in [4.78, 5) is 18.0. The lowest BCUT2D eigenvalue weighted by molar-refractivity contribution is 0.668. The molecule has 6 heteroatoms. The van der Waals surface area contributed by atoms with Gasteiger partial charge in [-0.1, -0.05) is 115 Å². The third kappa shape index (κ3) is 4.06. The van der Waals surface area contributed by atoms with Crippen molar-refractivity contribution in [1.82, 2.24) is 15.0 Å². The highest BCUT2D eigenvalue weighted by Crippen LogP contribution is 2.52. The van der Waals surface area contributed by atoms with Gasteiger partial charge in [-0.05, 0) is 64.2 Å². The Morgan fingerprint density at radius 3 is 1.96 bits per heavy atom. The van der Waals surface area contributed by atoms with Crippen molar-refractivity contribution in [2.24, 2.45) is 0 Å². The molecule has 0 spiro atoms. The second-order valence-corrected chi connectivity index (χ2v) is 13.6. The largest absolute Gasteiger partial charge is 0.456 e. The number of para-hydroxylation sites is 3. The minimum absolute atomic E-state index is 0.515. The van der Waals surface area contributed by atoms with Gasteiger partial charge in [0.1, 0.15) is 22.3 Å². The minimum atomic E-state index is 0.515. The lowest BCUT2D eigenvalue weighted by atomic mass is 9.88. The van der Waals surface area contributed by atoms with Crippen LogP contribution in [0.25, 0.3) is 99.3 Å². The molecular formula is C47H26N4O2.